The first-order chi connectivity index (χ1) is 18.2. The highest BCUT2D eigenvalue weighted by molar-refractivity contribution is 5.87. The van der Waals surface area contributed by atoms with E-state index in [1.807, 2.05) is 36.4 Å². The minimum Gasteiger partial charge on any atom is -0.459 e. The van der Waals surface area contributed by atoms with Gasteiger partial charge in [-0.2, -0.15) is 0 Å². The van der Waals surface area contributed by atoms with Gasteiger partial charge >= 0.3 is 5.97 Å². The molecule has 0 radical (unpaired) electrons. The Morgan fingerprint density at radius 2 is 1.79 bits per heavy atom. The lowest BCUT2D eigenvalue weighted by atomic mass is 9.47. The number of carbonyl (C=O) groups is 1. The molecule has 0 N–H and O–H groups in total. The van der Waals surface area contributed by atoms with Gasteiger partial charge in [-0.15, -0.1) is 0 Å². The molecule has 2 nitrogen and oxygen atoms in total. The summed E-state index contributed by atoms with van der Waals surface area (Å²) in [7, 11) is 0. The minimum atomic E-state index is -0.204. The van der Waals surface area contributed by atoms with Crippen molar-refractivity contribution < 1.29 is 9.53 Å². The average molecular weight is 517 g/mol. The van der Waals surface area contributed by atoms with Crippen LogP contribution in [0.3, 0.4) is 0 Å². The van der Waals surface area contributed by atoms with Crippen LogP contribution >= 0.6 is 0 Å². The highest BCUT2D eigenvalue weighted by Gasteiger charge is 2.59. The van der Waals surface area contributed by atoms with Gasteiger partial charge in [0.25, 0.3) is 0 Å². The van der Waals surface area contributed by atoms with Gasteiger partial charge in [-0.25, -0.2) is 4.79 Å². The van der Waals surface area contributed by atoms with Gasteiger partial charge in [-0.05, 0) is 103 Å². The molecule has 0 bridgehead atoms. The van der Waals surface area contributed by atoms with Gasteiger partial charge in [0.2, 0.25) is 0 Å². The monoisotopic (exact) mass is 516 g/mol. The summed E-state index contributed by atoms with van der Waals surface area (Å²) in [5.41, 5.74) is 3.46. The number of benzene rings is 1. The fourth-order valence-corrected chi connectivity index (χ4v) is 9.68. The number of esters is 1. The van der Waals surface area contributed by atoms with Crippen molar-refractivity contribution in [2.75, 3.05) is 0 Å². The van der Waals surface area contributed by atoms with Crippen molar-refractivity contribution in [2.24, 2.45) is 46.3 Å². The molecule has 208 valence electrons. The van der Waals surface area contributed by atoms with Crippen molar-refractivity contribution in [1.82, 2.24) is 0 Å². The summed E-state index contributed by atoms with van der Waals surface area (Å²) in [6, 6.07) is 9.99. The fourth-order valence-electron chi connectivity index (χ4n) is 9.68. The third-order valence-corrected chi connectivity index (χ3v) is 11.8. The summed E-state index contributed by atoms with van der Waals surface area (Å²) in [5, 5.41) is 0. The molecule has 0 heterocycles. The van der Waals surface area contributed by atoms with Crippen molar-refractivity contribution in [3.63, 3.8) is 0 Å². The number of rotatable bonds is 8. The predicted octanol–water partition coefficient (Wildman–Crippen LogP) is 9.65. The van der Waals surface area contributed by atoms with Crippen molar-refractivity contribution in [1.29, 1.82) is 0 Å². The van der Waals surface area contributed by atoms with E-state index < -0.39 is 0 Å². The number of carbonyl (C=O) groups excluding carboxylic acids is 1. The van der Waals surface area contributed by atoms with Gasteiger partial charge in [0, 0.05) is 12.5 Å². The van der Waals surface area contributed by atoms with Crippen molar-refractivity contribution in [3.05, 3.63) is 53.6 Å². The topological polar surface area (TPSA) is 26.3 Å². The standard InChI is InChI=1S/C36H52O2/c1-25(2)10-9-11-26(3)31-17-18-32-30-16-15-28-24-29(38-34(37)19-14-27-12-7-6-8-13-27)20-22-35(28,4)33(30)21-23-36(31,32)5/h6-8,12-15,19,25-26,29-33H,9-11,16-18,20-24H2,1-5H3/t26-,29?,30+,31-,32+,33+,35+,36-/m1/s1. The first kappa shape index (κ1) is 27.7. The Kier molecular flexibility index (Phi) is 8.28. The second-order valence-corrected chi connectivity index (χ2v) is 14.3. The van der Waals surface area contributed by atoms with Crippen LogP contribution in [0.1, 0.15) is 111 Å². The van der Waals surface area contributed by atoms with Crippen LogP contribution in [0.15, 0.2) is 48.1 Å². The highest BCUT2D eigenvalue weighted by atomic mass is 16.5. The zero-order chi connectivity index (χ0) is 26.9. The number of fused-ring (bicyclic) bond motifs is 5. The van der Waals surface area contributed by atoms with Crippen LogP contribution in [0.2, 0.25) is 0 Å². The van der Waals surface area contributed by atoms with Gasteiger partial charge in [0.05, 0.1) is 0 Å². The molecule has 8 atom stereocenters. The summed E-state index contributed by atoms with van der Waals surface area (Å²) < 4.78 is 5.95. The number of allylic oxidation sites excluding steroid dienone is 1. The molecular formula is C36H52O2. The summed E-state index contributed by atoms with van der Waals surface area (Å²) in [4.78, 5) is 12.6. The molecule has 5 rings (SSSR count). The normalized spacial score (nSPS) is 37.3. The van der Waals surface area contributed by atoms with Gasteiger partial charge < -0.3 is 4.74 Å². The molecule has 3 saturated carbocycles. The van der Waals surface area contributed by atoms with Crippen LogP contribution in [0.5, 0.6) is 0 Å². The fraction of sp³-hybridized carbons (Fsp3) is 0.694. The lowest BCUT2D eigenvalue weighted by Gasteiger charge is -2.58. The van der Waals surface area contributed by atoms with Crippen molar-refractivity contribution in [2.45, 2.75) is 111 Å². The maximum Gasteiger partial charge on any atom is 0.331 e. The van der Waals surface area contributed by atoms with E-state index in [1.54, 1.807) is 11.6 Å². The smallest absolute Gasteiger partial charge is 0.331 e. The van der Waals surface area contributed by atoms with Gasteiger partial charge in [-0.3, -0.25) is 0 Å². The lowest BCUT2D eigenvalue weighted by Crippen LogP contribution is -2.51. The van der Waals surface area contributed by atoms with Crippen LogP contribution in [0.25, 0.3) is 6.08 Å². The molecule has 4 aliphatic rings. The number of ether oxygens (including phenoxy) is 1. The Labute approximate surface area is 232 Å². The highest BCUT2D eigenvalue weighted by Crippen LogP contribution is 2.67. The zero-order valence-corrected chi connectivity index (χ0v) is 24.8. The molecule has 1 aromatic rings. The van der Waals surface area contributed by atoms with E-state index >= 15 is 0 Å². The molecule has 0 amide bonds. The van der Waals surface area contributed by atoms with Crippen LogP contribution in [0.4, 0.5) is 0 Å². The third-order valence-electron chi connectivity index (χ3n) is 11.8. The Hall–Kier alpha value is -1.83. The summed E-state index contributed by atoms with van der Waals surface area (Å²) in [5.74, 6) is 4.97. The van der Waals surface area contributed by atoms with E-state index in [-0.39, 0.29) is 12.1 Å². The predicted molar refractivity (Wildman–Crippen MR) is 158 cm³/mol. The van der Waals surface area contributed by atoms with Gasteiger partial charge in [0.15, 0.2) is 0 Å². The molecule has 38 heavy (non-hydrogen) atoms. The summed E-state index contributed by atoms with van der Waals surface area (Å²) in [6.07, 6.45) is 20.3. The second-order valence-electron chi connectivity index (χ2n) is 14.3. The zero-order valence-electron chi connectivity index (χ0n) is 24.8. The van der Waals surface area contributed by atoms with Gasteiger partial charge in [-0.1, -0.05) is 95.9 Å². The molecule has 3 fully saturated rings. The third kappa shape index (κ3) is 5.44. The van der Waals surface area contributed by atoms with Crippen LogP contribution in [-0.4, -0.2) is 12.1 Å². The molecule has 2 heteroatoms. The quantitative estimate of drug-likeness (QED) is 0.195. The van der Waals surface area contributed by atoms with Crippen molar-refractivity contribution in [3.8, 4) is 0 Å². The largest absolute Gasteiger partial charge is 0.459 e. The van der Waals surface area contributed by atoms with Crippen molar-refractivity contribution >= 4 is 12.0 Å². The number of hydrogen-bond donors (Lipinski definition) is 0. The Morgan fingerprint density at radius 3 is 2.55 bits per heavy atom. The second kappa shape index (κ2) is 11.3. The Bertz CT molecular complexity index is 1020. The minimum absolute atomic E-state index is 0.0233. The molecule has 1 aromatic carbocycles. The lowest BCUT2D eigenvalue weighted by molar-refractivity contribution is -0.145. The van der Waals surface area contributed by atoms with Crippen LogP contribution in [0, 0.1) is 46.3 Å². The number of hydrogen-bond acceptors (Lipinski definition) is 2. The average Bonchev–Trinajstić information content (AvgIpc) is 3.25. The molecule has 0 spiro atoms. The first-order valence-electron chi connectivity index (χ1n) is 15.8. The van der Waals surface area contributed by atoms with E-state index in [2.05, 4.69) is 40.7 Å². The van der Waals surface area contributed by atoms with E-state index in [1.165, 1.54) is 57.8 Å². The van der Waals surface area contributed by atoms with E-state index in [0.717, 1.165) is 53.9 Å². The van der Waals surface area contributed by atoms with E-state index in [4.69, 9.17) is 4.74 Å². The molecule has 0 saturated heterocycles. The van der Waals surface area contributed by atoms with Crippen LogP contribution in [-0.2, 0) is 9.53 Å². The molecule has 0 aliphatic heterocycles. The molecule has 1 unspecified atom stereocenters. The maximum atomic E-state index is 12.6. The molecule has 0 aromatic heterocycles. The van der Waals surface area contributed by atoms with Gasteiger partial charge in [0.1, 0.15) is 6.10 Å². The first-order valence-corrected chi connectivity index (χ1v) is 15.8. The Balaban J connectivity index is 1.22. The van der Waals surface area contributed by atoms with Crippen LogP contribution < -0.4 is 0 Å². The summed E-state index contributed by atoms with van der Waals surface area (Å²) >= 11 is 0. The maximum absolute atomic E-state index is 12.6. The SMILES string of the molecule is CC(C)CCC[C@@H](C)[C@H]1CC[C@H]2[C@@H]3CC=C4CC(OC(=O)C=Cc5ccccc5)CC[C@]4(C)[C@H]3CC[C@]12C. The Morgan fingerprint density at radius 1 is 1.00 bits per heavy atom. The van der Waals surface area contributed by atoms with E-state index in [0.29, 0.717) is 10.8 Å². The van der Waals surface area contributed by atoms with E-state index in [9.17, 15) is 4.79 Å². The molecular weight excluding hydrogens is 464 g/mol. The summed E-state index contributed by atoms with van der Waals surface area (Å²) in [6.45, 7) is 12.6. The molecule has 4 aliphatic carbocycles.